The molecule has 0 heterocycles. The van der Waals surface area contributed by atoms with Crippen LogP contribution in [0.3, 0.4) is 0 Å². The van der Waals surface area contributed by atoms with Crippen molar-refractivity contribution >= 4 is 0 Å². The van der Waals surface area contributed by atoms with E-state index in [0.717, 1.165) is 33.9 Å². The first-order valence-corrected chi connectivity index (χ1v) is 6.70. The summed E-state index contributed by atoms with van der Waals surface area (Å²) in [5.41, 5.74) is 2.78. The molecule has 0 unspecified atom stereocenters. The van der Waals surface area contributed by atoms with Gasteiger partial charge >= 0.3 is 0 Å². The minimum Gasteiger partial charge on any atom is -0.497 e. The van der Waals surface area contributed by atoms with Gasteiger partial charge < -0.3 is 19.3 Å². The Morgan fingerprint density at radius 2 is 1.62 bits per heavy atom. The van der Waals surface area contributed by atoms with Crippen LogP contribution in [-0.2, 0) is 13.0 Å². The molecule has 0 atom stereocenters. The lowest BCUT2D eigenvalue weighted by Gasteiger charge is -2.15. The summed E-state index contributed by atoms with van der Waals surface area (Å²) in [5.74, 6) is 2.31. The lowest BCUT2D eigenvalue weighted by atomic mass is 9.98. The molecule has 0 aromatic heterocycles. The number of hydrogen-bond donors (Lipinski definition) is 1. The molecular formula is C17H20O4. The first-order valence-electron chi connectivity index (χ1n) is 6.70. The summed E-state index contributed by atoms with van der Waals surface area (Å²) >= 11 is 0. The molecule has 0 saturated carbocycles. The third kappa shape index (κ3) is 3.28. The van der Waals surface area contributed by atoms with Gasteiger partial charge in [0.15, 0.2) is 0 Å². The number of hydrogen-bond acceptors (Lipinski definition) is 4. The zero-order valence-corrected chi connectivity index (χ0v) is 12.6. The number of rotatable bonds is 6. The van der Waals surface area contributed by atoms with Gasteiger partial charge in [-0.05, 0) is 29.8 Å². The summed E-state index contributed by atoms with van der Waals surface area (Å²) in [5, 5.41) is 9.53. The van der Waals surface area contributed by atoms with E-state index in [1.54, 1.807) is 21.3 Å². The summed E-state index contributed by atoms with van der Waals surface area (Å²) < 4.78 is 16.1. The SMILES string of the molecule is COc1ccc(OC)c(Cc2c(CO)cccc2OC)c1. The Hall–Kier alpha value is -2.20. The monoisotopic (exact) mass is 288 g/mol. The molecule has 1 N–H and O–H groups in total. The zero-order valence-electron chi connectivity index (χ0n) is 12.6. The second-order valence-electron chi connectivity index (χ2n) is 4.61. The van der Waals surface area contributed by atoms with Crippen molar-refractivity contribution in [1.29, 1.82) is 0 Å². The lowest BCUT2D eigenvalue weighted by Crippen LogP contribution is -2.01. The van der Waals surface area contributed by atoms with Gasteiger partial charge in [0, 0.05) is 17.5 Å². The summed E-state index contributed by atoms with van der Waals surface area (Å²) in [6, 6.07) is 11.3. The molecular weight excluding hydrogens is 268 g/mol. The van der Waals surface area contributed by atoms with Crippen molar-refractivity contribution in [1.82, 2.24) is 0 Å². The molecule has 21 heavy (non-hydrogen) atoms. The molecule has 4 nitrogen and oxygen atoms in total. The quantitative estimate of drug-likeness (QED) is 0.888. The van der Waals surface area contributed by atoms with Crippen molar-refractivity contribution < 1.29 is 19.3 Å². The van der Waals surface area contributed by atoms with Crippen LogP contribution in [0, 0.1) is 0 Å². The average molecular weight is 288 g/mol. The van der Waals surface area contributed by atoms with E-state index in [1.165, 1.54) is 0 Å². The maximum absolute atomic E-state index is 9.53. The molecule has 0 fully saturated rings. The van der Waals surface area contributed by atoms with Crippen LogP contribution in [0.5, 0.6) is 17.2 Å². The van der Waals surface area contributed by atoms with Crippen molar-refractivity contribution in [3.63, 3.8) is 0 Å². The molecule has 4 heteroatoms. The molecule has 112 valence electrons. The van der Waals surface area contributed by atoms with Crippen LogP contribution in [0.1, 0.15) is 16.7 Å². The Balaban J connectivity index is 2.46. The molecule has 0 radical (unpaired) electrons. The fourth-order valence-electron chi connectivity index (χ4n) is 2.36. The van der Waals surface area contributed by atoms with Crippen LogP contribution in [0.2, 0.25) is 0 Å². The Morgan fingerprint density at radius 3 is 2.24 bits per heavy atom. The van der Waals surface area contributed by atoms with Crippen molar-refractivity contribution in [2.75, 3.05) is 21.3 Å². The zero-order chi connectivity index (χ0) is 15.2. The van der Waals surface area contributed by atoms with E-state index in [0.29, 0.717) is 6.42 Å². The molecule has 2 aromatic rings. The largest absolute Gasteiger partial charge is 0.497 e. The van der Waals surface area contributed by atoms with Crippen molar-refractivity contribution in [2.24, 2.45) is 0 Å². The van der Waals surface area contributed by atoms with Gasteiger partial charge in [-0.1, -0.05) is 12.1 Å². The smallest absolute Gasteiger partial charge is 0.122 e. The highest BCUT2D eigenvalue weighted by atomic mass is 16.5. The Labute approximate surface area is 124 Å². The minimum absolute atomic E-state index is 0.0290. The number of benzene rings is 2. The highest BCUT2D eigenvalue weighted by molar-refractivity contribution is 5.48. The number of aliphatic hydroxyl groups excluding tert-OH is 1. The first-order chi connectivity index (χ1) is 10.2. The van der Waals surface area contributed by atoms with Gasteiger partial charge in [0.25, 0.3) is 0 Å². The van der Waals surface area contributed by atoms with Gasteiger partial charge in [0.05, 0.1) is 27.9 Å². The molecule has 0 aliphatic heterocycles. The van der Waals surface area contributed by atoms with Gasteiger partial charge in [-0.25, -0.2) is 0 Å². The van der Waals surface area contributed by atoms with Crippen LogP contribution in [0.15, 0.2) is 36.4 Å². The van der Waals surface area contributed by atoms with E-state index in [-0.39, 0.29) is 6.61 Å². The predicted octanol–water partition coefficient (Wildman–Crippen LogP) is 2.80. The molecule has 2 aromatic carbocycles. The highest BCUT2D eigenvalue weighted by Crippen LogP contribution is 2.31. The van der Waals surface area contributed by atoms with Crippen molar-refractivity contribution in [2.45, 2.75) is 13.0 Å². The first kappa shape index (κ1) is 15.2. The fraction of sp³-hybridized carbons (Fsp3) is 0.294. The topological polar surface area (TPSA) is 47.9 Å². The predicted molar refractivity (Wildman–Crippen MR) is 81.3 cm³/mol. The van der Waals surface area contributed by atoms with Crippen molar-refractivity contribution in [3.05, 3.63) is 53.1 Å². The Bertz CT molecular complexity index is 585. The average Bonchev–Trinajstić information content (AvgIpc) is 2.54. The molecule has 0 saturated heterocycles. The minimum atomic E-state index is -0.0290. The van der Waals surface area contributed by atoms with Gasteiger partial charge in [0.1, 0.15) is 17.2 Å². The van der Waals surface area contributed by atoms with E-state index < -0.39 is 0 Å². The second-order valence-corrected chi connectivity index (χ2v) is 4.61. The third-order valence-electron chi connectivity index (χ3n) is 3.48. The van der Waals surface area contributed by atoms with Crippen LogP contribution in [0.25, 0.3) is 0 Å². The molecule has 0 amide bonds. The van der Waals surface area contributed by atoms with Crippen LogP contribution in [-0.4, -0.2) is 26.4 Å². The second kappa shape index (κ2) is 6.99. The summed E-state index contributed by atoms with van der Waals surface area (Å²) in [7, 11) is 4.90. The number of methoxy groups -OCH3 is 3. The summed E-state index contributed by atoms with van der Waals surface area (Å²) in [6.45, 7) is -0.0290. The summed E-state index contributed by atoms with van der Waals surface area (Å²) in [4.78, 5) is 0. The Kier molecular flexibility index (Phi) is 5.06. The number of aliphatic hydroxyl groups is 1. The Morgan fingerprint density at radius 1 is 0.857 bits per heavy atom. The maximum Gasteiger partial charge on any atom is 0.122 e. The van der Waals surface area contributed by atoms with Crippen LogP contribution < -0.4 is 14.2 Å². The van der Waals surface area contributed by atoms with Crippen molar-refractivity contribution in [3.8, 4) is 17.2 Å². The molecule has 0 aliphatic rings. The van der Waals surface area contributed by atoms with Gasteiger partial charge in [0.2, 0.25) is 0 Å². The van der Waals surface area contributed by atoms with Gasteiger partial charge in [-0.15, -0.1) is 0 Å². The molecule has 0 aliphatic carbocycles. The normalized spacial score (nSPS) is 10.3. The van der Waals surface area contributed by atoms with E-state index in [2.05, 4.69) is 0 Å². The summed E-state index contributed by atoms with van der Waals surface area (Å²) in [6.07, 6.45) is 0.597. The van der Waals surface area contributed by atoms with E-state index >= 15 is 0 Å². The maximum atomic E-state index is 9.53. The third-order valence-corrected chi connectivity index (χ3v) is 3.48. The van der Waals surface area contributed by atoms with E-state index in [4.69, 9.17) is 14.2 Å². The van der Waals surface area contributed by atoms with Crippen LogP contribution >= 0.6 is 0 Å². The number of ether oxygens (including phenoxy) is 3. The fourth-order valence-corrected chi connectivity index (χ4v) is 2.36. The van der Waals surface area contributed by atoms with Crippen LogP contribution in [0.4, 0.5) is 0 Å². The molecule has 0 bridgehead atoms. The molecule has 0 spiro atoms. The lowest BCUT2D eigenvalue weighted by molar-refractivity contribution is 0.279. The van der Waals surface area contributed by atoms with Gasteiger partial charge in [-0.3, -0.25) is 0 Å². The standard InChI is InChI=1S/C17H20O4/c1-19-14-7-8-16(20-2)13(9-14)10-15-12(11-18)5-4-6-17(15)21-3/h4-9,18H,10-11H2,1-3H3. The van der Waals surface area contributed by atoms with E-state index in [9.17, 15) is 5.11 Å². The van der Waals surface area contributed by atoms with E-state index in [1.807, 2.05) is 36.4 Å². The highest BCUT2D eigenvalue weighted by Gasteiger charge is 2.13. The van der Waals surface area contributed by atoms with Gasteiger partial charge in [-0.2, -0.15) is 0 Å². The molecule has 2 rings (SSSR count).